The Hall–Kier alpha value is 0.177. The van der Waals surface area contributed by atoms with E-state index in [0.29, 0.717) is 0 Å². The lowest BCUT2D eigenvalue weighted by Crippen LogP contribution is -2.39. The maximum Gasteiger partial charge on any atom is 0.192 e. The van der Waals surface area contributed by atoms with Gasteiger partial charge in [-0.1, -0.05) is 74.7 Å². The predicted molar refractivity (Wildman–Crippen MR) is 104 cm³/mol. The first-order chi connectivity index (χ1) is 10.2. The van der Waals surface area contributed by atoms with Gasteiger partial charge in [-0.25, -0.2) is 0 Å². The lowest BCUT2D eigenvalue weighted by Gasteiger charge is -2.34. The van der Waals surface area contributed by atoms with Crippen LogP contribution in [0.1, 0.15) is 81.1 Å². The number of rotatable bonds is 13. The molecule has 0 aliphatic carbocycles. The molecule has 0 spiro atoms. The van der Waals surface area contributed by atoms with Crippen molar-refractivity contribution in [1.29, 1.82) is 0 Å². The molecule has 0 bridgehead atoms. The van der Waals surface area contributed by atoms with E-state index in [9.17, 15) is 0 Å². The number of hydrogen-bond acceptors (Lipinski definition) is 1. The molecular formula is C20H44OSi. The van der Waals surface area contributed by atoms with Crippen LogP contribution in [0.15, 0.2) is 0 Å². The molecule has 0 radical (unpaired) electrons. The second kappa shape index (κ2) is 11.7. The highest BCUT2D eigenvalue weighted by molar-refractivity contribution is 6.73. The summed E-state index contributed by atoms with van der Waals surface area (Å²) in [5, 5.41) is 0. The Morgan fingerprint density at radius 3 is 1.14 bits per heavy atom. The summed E-state index contributed by atoms with van der Waals surface area (Å²) in [6.07, 6.45) is 5.28. The molecule has 134 valence electrons. The minimum atomic E-state index is -1.55. The van der Waals surface area contributed by atoms with Gasteiger partial charge in [-0.3, -0.25) is 0 Å². The molecule has 0 aromatic carbocycles. The third-order valence-corrected chi connectivity index (χ3v) is 9.05. The molecule has 0 saturated heterocycles. The van der Waals surface area contributed by atoms with Gasteiger partial charge in [0.25, 0.3) is 0 Å². The average Bonchev–Trinajstić information content (AvgIpc) is 2.39. The van der Waals surface area contributed by atoms with Crippen LogP contribution >= 0.6 is 0 Å². The fourth-order valence-corrected chi connectivity index (χ4v) is 7.80. The van der Waals surface area contributed by atoms with Crippen LogP contribution < -0.4 is 0 Å². The molecule has 2 heteroatoms. The fourth-order valence-electron chi connectivity index (χ4n) is 2.76. The summed E-state index contributed by atoms with van der Waals surface area (Å²) < 4.78 is 6.73. The van der Waals surface area contributed by atoms with Crippen LogP contribution in [-0.2, 0) is 4.43 Å². The Kier molecular flexibility index (Phi) is 11.8. The Balaban J connectivity index is 4.83. The maximum absolute atomic E-state index is 6.73. The van der Waals surface area contributed by atoms with E-state index in [0.717, 1.165) is 30.3 Å². The van der Waals surface area contributed by atoms with E-state index in [1.54, 1.807) is 0 Å². The average molecular weight is 329 g/mol. The predicted octanol–water partition coefficient (Wildman–Crippen LogP) is 7.13. The van der Waals surface area contributed by atoms with Crippen LogP contribution in [0.5, 0.6) is 0 Å². The van der Waals surface area contributed by atoms with E-state index < -0.39 is 8.32 Å². The Bertz CT molecular complexity index is 227. The van der Waals surface area contributed by atoms with E-state index in [-0.39, 0.29) is 0 Å². The van der Waals surface area contributed by atoms with E-state index in [1.165, 1.54) is 43.8 Å². The quantitative estimate of drug-likeness (QED) is 0.327. The molecule has 0 rings (SSSR count). The fraction of sp³-hybridized carbons (Fsp3) is 1.00. The zero-order valence-electron chi connectivity index (χ0n) is 16.9. The Morgan fingerprint density at radius 2 is 0.864 bits per heavy atom. The smallest absolute Gasteiger partial charge is 0.192 e. The third kappa shape index (κ3) is 11.7. The van der Waals surface area contributed by atoms with Gasteiger partial charge in [0.15, 0.2) is 8.32 Å². The summed E-state index contributed by atoms with van der Waals surface area (Å²) in [6, 6.07) is 4.13. The molecule has 0 aliphatic rings. The second-order valence-corrected chi connectivity index (χ2v) is 13.2. The van der Waals surface area contributed by atoms with Crippen LogP contribution in [0, 0.1) is 23.7 Å². The standard InChI is InChI=1S/C20H44OSi/c1-17(2)9-13-21-22(14-10-18(3)4,15-11-19(5)6)16-12-20(7)8/h17-20H,9-16H2,1-8H3. The van der Waals surface area contributed by atoms with Crippen LogP contribution in [0.3, 0.4) is 0 Å². The molecule has 0 fully saturated rings. The van der Waals surface area contributed by atoms with Gasteiger partial charge in [-0.15, -0.1) is 0 Å². The normalized spacial score (nSPS) is 13.1. The van der Waals surface area contributed by atoms with E-state index in [4.69, 9.17) is 4.43 Å². The van der Waals surface area contributed by atoms with E-state index >= 15 is 0 Å². The minimum absolute atomic E-state index is 0.756. The zero-order chi connectivity index (χ0) is 17.2. The van der Waals surface area contributed by atoms with Crippen molar-refractivity contribution in [2.24, 2.45) is 23.7 Å². The van der Waals surface area contributed by atoms with Gasteiger partial charge in [0.2, 0.25) is 0 Å². The molecular weight excluding hydrogens is 284 g/mol. The highest BCUT2D eigenvalue weighted by Gasteiger charge is 2.34. The van der Waals surface area contributed by atoms with Gasteiger partial charge in [0.1, 0.15) is 0 Å². The van der Waals surface area contributed by atoms with Crippen molar-refractivity contribution in [3.63, 3.8) is 0 Å². The maximum atomic E-state index is 6.73. The van der Waals surface area contributed by atoms with Crippen molar-refractivity contribution in [2.75, 3.05) is 6.61 Å². The van der Waals surface area contributed by atoms with Gasteiger partial charge >= 0.3 is 0 Å². The van der Waals surface area contributed by atoms with Crippen molar-refractivity contribution in [1.82, 2.24) is 0 Å². The van der Waals surface area contributed by atoms with Gasteiger partial charge in [0.05, 0.1) is 0 Å². The monoisotopic (exact) mass is 328 g/mol. The highest BCUT2D eigenvalue weighted by atomic mass is 28.4. The first kappa shape index (κ1) is 22.2. The SMILES string of the molecule is CC(C)CCO[Si](CCC(C)C)(CCC(C)C)CCC(C)C. The molecule has 0 amide bonds. The topological polar surface area (TPSA) is 9.23 Å². The largest absolute Gasteiger partial charge is 0.417 e. The Labute approximate surface area is 142 Å². The lowest BCUT2D eigenvalue weighted by atomic mass is 10.1. The van der Waals surface area contributed by atoms with Crippen LogP contribution in [0.2, 0.25) is 18.1 Å². The van der Waals surface area contributed by atoms with Gasteiger partial charge < -0.3 is 4.43 Å². The van der Waals surface area contributed by atoms with Crippen LogP contribution in [0.25, 0.3) is 0 Å². The molecule has 1 nitrogen and oxygen atoms in total. The Morgan fingerprint density at radius 1 is 0.545 bits per heavy atom. The van der Waals surface area contributed by atoms with E-state index in [2.05, 4.69) is 55.4 Å². The van der Waals surface area contributed by atoms with Crippen LogP contribution in [-0.4, -0.2) is 14.9 Å². The van der Waals surface area contributed by atoms with E-state index in [1.807, 2.05) is 0 Å². The first-order valence-corrected chi connectivity index (χ1v) is 12.3. The van der Waals surface area contributed by atoms with Gasteiger partial charge in [-0.2, -0.15) is 0 Å². The molecule has 0 N–H and O–H groups in total. The zero-order valence-corrected chi connectivity index (χ0v) is 17.9. The van der Waals surface area contributed by atoms with Crippen molar-refractivity contribution in [3.05, 3.63) is 0 Å². The molecule has 0 heterocycles. The van der Waals surface area contributed by atoms with Crippen molar-refractivity contribution >= 4 is 8.32 Å². The molecule has 22 heavy (non-hydrogen) atoms. The van der Waals surface area contributed by atoms with Crippen LogP contribution in [0.4, 0.5) is 0 Å². The molecule has 0 atom stereocenters. The van der Waals surface area contributed by atoms with Gasteiger partial charge in [0, 0.05) is 6.61 Å². The second-order valence-electron chi connectivity index (χ2n) is 9.01. The molecule has 0 aromatic rings. The lowest BCUT2D eigenvalue weighted by molar-refractivity contribution is 0.265. The summed E-state index contributed by atoms with van der Waals surface area (Å²) in [5.41, 5.74) is 0. The van der Waals surface area contributed by atoms with Crippen molar-refractivity contribution in [3.8, 4) is 0 Å². The highest BCUT2D eigenvalue weighted by Crippen LogP contribution is 2.32. The summed E-state index contributed by atoms with van der Waals surface area (Å²) in [7, 11) is -1.55. The minimum Gasteiger partial charge on any atom is -0.417 e. The van der Waals surface area contributed by atoms with Crippen molar-refractivity contribution in [2.45, 2.75) is 99.2 Å². The van der Waals surface area contributed by atoms with Crippen molar-refractivity contribution < 1.29 is 4.43 Å². The summed E-state index contributed by atoms with van der Waals surface area (Å²) in [4.78, 5) is 0. The summed E-state index contributed by atoms with van der Waals surface area (Å²) in [5.74, 6) is 3.17. The molecule has 0 aliphatic heterocycles. The molecule has 0 saturated carbocycles. The number of hydrogen-bond donors (Lipinski definition) is 0. The molecule has 0 unspecified atom stereocenters. The summed E-state index contributed by atoms with van der Waals surface area (Å²) in [6.45, 7) is 19.8. The third-order valence-electron chi connectivity index (χ3n) is 4.64. The van der Waals surface area contributed by atoms with Gasteiger partial charge in [-0.05, 0) is 48.2 Å². The molecule has 0 aromatic heterocycles. The summed E-state index contributed by atoms with van der Waals surface area (Å²) >= 11 is 0. The first-order valence-electron chi connectivity index (χ1n) is 9.81.